The first kappa shape index (κ1) is 14.0. The van der Waals surface area contributed by atoms with Crippen molar-refractivity contribution in [2.24, 2.45) is 5.73 Å². The van der Waals surface area contributed by atoms with Crippen molar-refractivity contribution in [1.29, 1.82) is 0 Å². The van der Waals surface area contributed by atoms with E-state index in [0.29, 0.717) is 12.3 Å². The lowest BCUT2D eigenvalue weighted by molar-refractivity contribution is 0.0995. The lowest BCUT2D eigenvalue weighted by atomic mass is 10.2. The van der Waals surface area contributed by atoms with Crippen molar-refractivity contribution in [3.63, 3.8) is 0 Å². The van der Waals surface area contributed by atoms with Gasteiger partial charge in [0.05, 0.1) is 18.0 Å². The summed E-state index contributed by atoms with van der Waals surface area (Å²) in [5.74, 6) is 0.239. The van der Waals surface area contributed by atoms with E-state index in [0.717, 1.165) is 24.3 Å². The number of amides is 1. The molecule has 0 saturated heterocycles. The zero-order valence-corrected chi connectivity index (χ0v) is 11.7. The van der Waals surface area contributed by atoms with Crippen molar-refractivity contribution in [2.45, 2.75) is 26.7 Å². The highest BCUT2D eigenvalue weighted by atomic mass is 16.5. The SMILES string of the molecule is CCCCOc1ccc(-n2nnc(C(N)=O)c2C)cc1. The number of ether oxygens (including phenoxy) is 1. The van der Waals surface area contributed by atoms with Gasteiger partial charge in [-0.2, -0.15) is 0 Å². The molecule has 0 aliphatic heterocycles. The number of nitrogens with two attached hydrogens (primary N) is 1. The summed E-state index contributed by atoms with van der Waals surface area (Å²) >= 11 is 0. The zero-order valence-electron chi connectivity index (χ0n) is 11.7. The van der Waals surface area contributed by atoms with Gasteiger partial charge in [0.2, 0.25) is 0 Å². The monoisotopic (exact) mass is 274 g/mol. The highest BCUT2D eigenvalue weighted by Gasteiger charge is 2.14. The molecule has 6 nitrogen and oxygen atoms in total. The van der Waals surface area contributed by atoms with Gasteiger partial charge in [0.1, 0.15) is 5.75 Å². The fourth-order valence-corrected chi connectivity index (χ4v) is 1.82. The van der Waals surface area contributed by atoms with Crippen molar-refractivity contribution >= 4 is 5.91 Å². The fourth-order valence-electron chi connectivity index (χ4n) is 1.82. The van der Waals surface area contributed by atoms with E-state index in [1.165, 1.54) is 0 Å². The van der Waals surface area contributed by atoms with Crippen LogP contribution in [0, 0.1) is 6.92 Å². The van der Waals surface area contributed by atoms with Crippen LogP contribution in [-0.2, 0) is 0 Å². The number of primary amides is 1. The summed E-state index contributed by atoms with van der Waals surface area (Å²) < 4.78 is 7.17. The molecule has 1 amide bonds. The molecule has 0 aliphatic carbocycles. The van der Waals surface area contributed by atoms with E-state index < -0.39 is 5.91 Å². The fraction of sp³-hybridized carbons (Fsp3) is 0.357. The number of carbonyl (C=O) groups excluding carboxylic acids is 1. The molecular weight excluding hydrogens is 256 g/mol. The van der Waals surface area contributed by atoms with E-state index in [4.69, 9.17) is 10.5 Å². The number of hydrogen-bond donors (Lipinski definition) is 1. The Morgan fingerprint density at radius 2 is 2.05 bits per heavy atom. The lowest BCUT2D eigenvalue weighted by Crippen LogP contribution is -2.13. The second-order valence-corrected chi connectivity index (χ2v) is 4.50. The number of hydrogen-bond acceptors (Lipinski definition) is 4. The van der Waals surface area contributed by atoms with Gasteiger partial charge in [-0.15, -0.1) is 5.10 Å². The van der Waals surface area contributed by atoms with Gasteiger partial charge < -0.3 is 10.5 Å². The van der Waals surface area contributed by atoms with E-state index >= 15 is 0 Å². The summed E-state index contributed by atoms with van der Waals surface area (Å²) in [6, 6.07) is 7.48. The maximum absolute atomic E-state index is 11.2. The Morgan fingerprint density at radius 1 is 1.35 bits per heavy atom. The number of aromatic nitrogens is 3. The first-order chi connectivity index (χ1) is 9.63. The molecule has 2 rings (SSSR count). The summed E-state index contributed by atoms with van der Waals surface area (Å²) in [5, 5.41) is 7.72. The van der Waals surface area contributed by atoms with Crippen molar-refractivity contribution < 1.29 is 9.53 Å². The molecule has 0 bridgehead atoms. The molecular formula is C14H18N4O2. The zero-order chi connectivity index (χ0) is 14.5. The standard InChI is InChI=1S/C14H18N4O2/c1-3-4-9-20-12-7-5-11(6-8-12)18-10(2)13(14(15)19)16-17-18/h5-8H,3-4,9H2,1-2H3,(H2,15,19). The minimum absolute atomic E-state index is 0.188. The second-order valence-electron chi connectivity index (χ2n) is 4.50. The highest BCUT2D eigenvalue weighted by molar-refractivity contribution is 5.91. The smallest absolute Gasteiger partial charge is 0.271 e. The van der Waals surface area contributed by atoms with Crippen LogP contribution in [-0.4, -0.2) is 27.5 Å². The number of nitrogens with zero attached hydrogens (tertiary/aromatic N) is 3. The van der Waals surface area contributed by atoms with Crippen LogP contribution >= 0.6 is 0 Å². The summed E-state index contributed by atoms with van der Waals surface area (Å²) in [6.45, 7) is 4.59. The topological polar surface area (TPSA) is 83.0 Å². The molecule has 0 unspecified atom stereocenters. The third-order valence-corrected chi connectivity index (χ3v) is 2.98. The van der Waals surface area contributed by atoms with Gasteiger partial charge in [-0.25, -0.2) is 4.68 Å². The Hall–Kier alpha value is -2.37. The Bertz CT molecular complexity index is 590. The molecule has 1 heterocycles. The van der Waals surface area contributed by atoms with Crippen molar-refractivity contribution in [3.8, 4) is 11.4 Å². The lowest BCUT2D eigenvalue weighted by Gasteiger charge is -2.07. The molecule has 0 radical (unpaired) electrons. The molecule has 0 atom stereocenters. The molecule has 2 N–H and O–H groups in total. The van der Waals surface area contributed by atoms with Crippen LogP contribution in [0.3, 0.4) is 0 Å². The average molecular weight is 274 g/mol. The minimum atomic E-state index is -0.576. The maximum Gasteiger partial charge on any atom is 0.271 e. The van der Waals surface area contributed by atoms with Crippen molar-refractivity contribution in [2.75, 3.05) is 6.61 Å². The second kappa shape index (κ2) is 6.18. The van der Waals surface area contributed by atoms with Crippen LogP contribution in [0.15, 0.2) is 24.3 Å². The van der Waals surface area contributed by atoms with Crippen LogP contribution < -0.4 is 10.5 Å². The largest absolute Gasteiger partial charge is 0.494 e. The van der Waals surface area contributed by atoms with Crippen LogP contribution in [0.25, 0.3) is 5.69 Å². The molecule has 0 fully saturated rings. The van der Waals surface area contributed by atoms with Gasteiger partial charge in [-0.3, -0.25) is 4.79 Å². The predicted molar refractivity (Wildman–Crippen MR) is 75.0 cm³/mol. The summed E-state index contributed by atoms with van der Waals surface area (Å²) in [6.07, 6.45) is 2.14. The van der Waals surface area contributed by atoms with Crippen molar-refractivity contribution in [3.05, 3.63) is 35.7 Å². The molecule has 20 heavy (non-hydrogen) atoms. The average Bonchev–Trinajstić information content (AvgIpc) is 2.82. The molecule has 6 heteroatoms. The van der Waals surface area contributed by atoms with Crippen LogP contribution in [0.5, 0.6) is 5.75 Å². The van der Waals surface area contributed by atoms with Gasteiger partial charge in [0.25, 0.3) is 5.91 Å². The summed E-state index contributed by atoms with van der Waals surface area (Å²) in [5.41, 5.74) is 6.84. The minimum Gasteiger partial charge on any atom is -0.494 e. The Labute approximate surface area is 117 Å². The Morgan fingerprint density at radius 3 is 2.60 bits per heavy atom. The third-order valence-electron chi connectivity index (χ3n) is 2.98. The molecule has 0 spiro atoms. The Balaban J connectivity index is 2.16. The summed E-state index contributed by atoms with van der Waals surface area (Å²) in [4.78, 5) is 11.2. The molecule has 1 aromatic carbocycles. The molecule has 106 valence electrons. The third kappa shape index (κ3) is 2.96. The van der Waals surface area contributed by atoms with E-state index in [2.05, 4.69) is 17.2 Å². The number of carbonyl (C=O) groups is 1. The predicted octanol–water partition coefficient (Wildman–Crippen LogP) is 1.85. The Kier molecular flexibility index (Phi) is 4.34. The summed E-state index contributed by atoms with van der Waals surface area (Å²) in [7, 11) is 0. The van der Waals surface area contributed by atoms with Crippen molar-refractivity contribution in [1.82, 2.24) is 15.0 Å². The quantitative estimate of drug-likeness (QED) is 0.815. The van der Waals surface area contributed by atoms with Gasteiger partial charge in [0, 0.05) is 0 Å². The first-order valence-corrected chi connectivity index (χ1v) is 6.58. The molecule has 0 saturated carbocycles. The van der Waals surface area contributed by atoms with Gasteiger partial charge in [-0.05, 0) is 37.6 Å². The molecule has 0 aliphatic rings. The molecule has 2 aromatic rings. The molecule has 1 aromatic heterocycles. The number of rotatable bonds is 6. The maximum atomic E-state index is 11.2. The first-order valence-electron chi connectivity index (χ1n) is 6.58. The van der Waals surface area contributed by atoms with E-state index in [9.17, 15) is 4.79 Å². The number of benzene rings is 1. The number of unbranched alkanes of at least 4 members (excludes halogenated alkanes) is 1. The van der Waals surface area contributed by atoms with Crippen LogP contribution in [0.1, 0.15) is 35.9 Å². The van der Waals surface area contributed by atoms with Gasteiger partial charge in [-0.1, -0.05) is 18.6 Å². The van der Waals surface area contributed by atoms with E-state index in [-0.39, 0.29) is 5.69 Å². The van der Waals surface area contributed by atoms with E-state index in [1.54, 1.807) is 11.6 Å². The van der Waals surface area contributed by atoms with Gasteiger partial charge >= 0.3 is 0 Å². The normalized spacial score (nSPS) is 10.5. The van der Waals surface area contributed by atoms with Crippen LogP contribution in [0.4, 0.5) is 0 Å². The van der Waals surface area contributed by atoms with E-state index in [1.807, 2.05) is 24.3 Å². The highest BCUT2D eigenvalue weighted by Crippen LogP contribution is 2.17. The van der Waals surface area contributed by atoms with Gasteiger partial charge in [0.15, 0.2) is 5.69 Å². The van der Waals surface area contributed by atoms with Crippen LogP contribution in [0.2, 0.25) is 0 Å².